The number of carbonyl (C=O) groups excluding carboxylic acids is 1. The molecular weight excluding hydrogens is 286 g/mol. The summed E-state index contributed by atoms with van der Waals surface area (Å²) in [6.07, 6.45) is 2.82. The number of hydrogen-bond acceptors (Lipinski definition) is 3. The molecule has 2 heterocycles. The average Bonchev–Trinajstić information content (AvgIpc) is 2.81. The van der Waals surface area contributed by atoms with Crippen molar-refractivity contribution in [1.82, 2.24) is 10.3 Å². The maximum atomic E-state index is 12.2. The average molecular weight is 309 g/mol. The number of amides is 1. The van der Waals surface area contributed by atoms with Crippen molar-refractivity contribution in [3.05, 3.63) is 53.9 Å². The van der Waals surface area contributed by atoms with Gasteiger partial charge in [-0.25, -0.2) is 4.98 Å². The molecule has 1 unspecified atom stereocenters. The molecule has 1 aromatic heterocycles. The molecule has 0 saturated carbocycles. The van der Waals surface area contributed by atoms with Crippen molar-refractivity contribution in [2.24, 2.45) is 0 Å². The van der Waals surface area contributed by atoms with Gasteiger partial charge in [0.05, 0.1) is 11.9 Å². The number of nitrogens with one attached hydrogen (secondary N) is 1. The van der Waals surface area contributed by atoms with Gasteiger partial charge in [0.2, 0.25) is 0 Å². The van der Waals surface area contributed by atoms with Crippen LogP contribution in [0.3, 0.4) is 0 Å². The Hall–Kier alpha value is -2.36. The van der Waals surface area contributed by atoms with Crippen molar-refractivity contribution in [3.8, 4) is 0 Å². The normalized spacial score (nSPS) is 17.0. The summed E-state index contributed by atoms with van der Waals surface area (Å²) in [7, 11) is 0. The first kappa shape index (κ1) is 15.5. The van der Waals surface area contributed by atoms with Crippen LogP contribution in [0.25, 0.3) is 0 Å². The van der Waals surface area contributed by atoms with E-state index in [9.17, 15) is 4.79 Å². The molecule has 0 fully saturated rings. The van der Waals surface area contributed by atoms with Crippen LogP contribution >= 0.6 is 0 Å². The Morgan fingerprint density at radius 3 is 2.61 bits per heavy atom. The van der Waals surface area contributed by atoms with Crippen molar-refractivity contribution in [3.63, 3.8) is 0 Å². The zero-order chi connectivity index (χ0) is 16.6. The molecule has 2 aromatic rings. The summed E-state index contributed by atoms with van der Waals surface area (Å²) >= 11 is 0. The van der Waals surface area contributed by atoms with E-state index in [0.29, 0.717) is 11.7 Å². The standard InChI is InChI=1S/C19H23N3O/c1-13-11-14-7-5-6-8-17(14)22(13)15-9-10-16(20-12-15)18(23)21-19(2,3)4/h5-10,12-13H,11H2,1-4H3,(H,21,23). The molecule has 0 radical (unpaired) electrons. The number of pyridine rings is 1. The first-order chi connectivity index (χ1) is 10.8. The molecule has 0 aliphatic carbocycles. The molecule has 1 amide bonds. The lowest BCUT2D eigenvalue weighted by Gasteiger charge is -2.25. The molecular formula is C19H23N3O. The maximum Gasteiger partial charge on any atom is 0.270 e. The Labute approximate surface area is 137 Å². The number of aromatic nitrogens is 1. The molecule has 0 bridgehead atoms. The molecule has 0 spiro atoms. The van der Waals surface area contributed by atoms with Gasteiger partial charge in [-0.2, -0.15) is 0 Å². The molecule has 3 rings (SSSR count). The van der Waals surface area contributed by atoms with Crippen LogP contribution in [-0.2, 0) is 6.42 Å². The number of hydrogen-bond donors (Lipinski definition) is 1. The van der Waals surface area contributed by atoms with Gasteiger partial charge in [0.1, 0.15) is 5.69 Å². The Kier molecular flexibility index (Phi) is 3.84. The summed E-state index contributed by atoms with van der Waals surface area (Å²) in [6.45, 7) is 8.09. The van der Waals surface area contributed by atoms with E-state index in [1.54, 1.807) is 12.3 Å². The first-order valence-corrected chi connectivity index (χ1v) is 8.01. The Morgan fingerprint density at radius 2 is 1.96 bits per heavy atom. The fourth-order valence-electron chi connectivity index (χ4n) is 3.03. The number of benzene rings is 1. The predicted molar refractivity (Wildman–Crippen MR) is 93.2 cm³/mol. The van der Waals surface area contributed by atoms with Crippen LogP contribution in [0.2, 0.25) is 0 Å². The van der Waals surface area contributed by atoms with E-state index in [1.165, 1.54) is 11.3 Å². The quantitative estimate of drug-likeness (QED) is 0.920. The van der Waals surface area contributed by atoms with Gasteiger partial charge in [-0.15, -0.1) is 0 Å². The third-order valence-electron chi connectivity index (χ3n) is 3.95. The fraction of sp³-hybridized carbons (Fsp3) is 0.368. The fourth-order valence-corrected chi connectivity index (χ4v) is 3.03. The lowest BCUT2D eigenvalue weighted by atomic mass is 10.1. The molecule has 4 nitrogen and oxygen atoms in total. The first-order valence-electron chi connectivity index (χ1n) is 8.01. The molecule has 23 heavy (non-hydrogen) atoms. The molecule has 0 saturated heterocycles. The van der Waals surface area contributed by atoms with E-state index < -0.39 is 0 Å². The number of anilines is 2. The van der Waals surface area contributed by atoms with E-state index in [4.69, 9.17) is 0 Å². The zero-order valence-corrected chi connectivity index (χ0v) is 14.1. The highest BCUT2D eigenvalue weighted by atomic mass is 16.2. The van der Waals surface area contributed by atoms with Crippen LogP contribution in [0.15, 0.2) is 42.6 Å². The molecule has 1 N–H and O–H groups in total. The third kappa shape index (κ3) is 3.21. The second-order valence-electron chi connectivity index (χ2n) is 7.16. The van der Waals surface area contributed by atoms with Gasteiger partial charge in [0.25, 0.3) is 5.91 Å². The van der Waals surface area contributed by atoms with E-state index in [-0.39, 0.29) is 11.4 Å². The van der Waals surface area contributed by atoms with E-state index >= 15 is 0 Å². The van der Waals surface area contributed by atoms with Gasteiger partial charge in [-0.1, -0.05) is 18.2 Å². The lowest BCUT2D eigenvalue weighted by molar-refractivity contribution is 0.0914. The second kappa shape index (κ2) is 5.69. The van der Waals surface area contributed by atoms with Crippen molar-refractivity contribution in [2.75, 3.05) is 4.90 Å². The molecule has 1 aromatic carbocycles. The summed E-state index contributed by atoms with van der Waals surface area (Å²) in [4.78, 5) is 18.8. The number of para-hydroxylation sites is 1. The molecule has 120 valence electrons. The van der Waals surface area contributed by atoms with Gasteiger partial charge < -0.3 is 10.2 Å². The Bertz CT molecular complexity index is 716. The van der Waals surface area contributed by atoms with Crippen LogP contribution in [0.4, 0.5) is 11.4 Å². The van der Waals surface area contributed by atoms with Crippen LogP contribution in [0.5, 0.6) is 0 Å². The van der Waals surface area contributed by atoms with Crippen molar-refractivity contribution < 1.29 is 4.79 Å². The van der Waals surface area contributed by atoms with Gasteiger partial charge in [-0.05, 0) is 57.9 Å². The van der Waals surface area contributed by atoms with Crippen LogP contribution in [-0.4, -0.2) is 22.5 Å². The predicted octanol–water partition coefficient (Wildman–Crippen LogP) is 3.69. The highest BCUT2D eigenvalue weighted by Gasteiger charge is 2.27. The van der Waals surface area contributed by atoms with Crippen LogP contribution in [0.1, 0.15) is 43.7 Å². The van der Waals surface area contributed by atoms with Crippen molar-refractivity contribution >= 4 is 17.3 Å². The van der Waals surface area contributed by atoms with Gasteiger partial charge in [0, 0.05) is 17.3 Å². The maximum absolute atomic E-state index is 12.2. The zero-order valence-electron chi connectivity index (χ0n) is 14.1. The van der Waals surface area contributed by atoms with Crippen molar-refractivity contribution in [2.45, 2.75) is 45.7 Å². The highest BCUT2D eigenvalue weighted by molar-refractivity contribution is 5.93. The third-order valence-corrected chi connectivity index (χ3v) is 3.95. The topological polar surface area (TPSA) is 45.2 Å². The number of carbonyl (C=O) groups is 1. The summed E-state index contributed by atoms with van der Waals surface area (Å²) in [5, 5.41) is 2.93. The highest BCUT2D eigenvalue weighted by Crippen LogP contribution is 2.37. The van der Waals surface area contributed by atoms with Gasteiger partial charge >= 0.3 is 0 Å². The molecule has 1 aliphatic rings. The van der Waals surface area contributed by atoms with Crippen LogP contribution in [0, 0.1) is 0 Å². The Morgan fingerprint density at radius 1 is 1.22 bits per heavy atom. The van der Waals surface area contributed by atoms with Crippen molar-refractivity contribution in [1.29, 1.82) is 0 Å². The SMILES string of the molecule is CC1Cc2ccccc2N1c1ccc(C(=O)NC(C)(C)C)nc1. The van der Waals surface area contributed by atoms with Gasteiger partial charge in [0.15, 0.2) is 0 Å². The largest absolute Gasteiger partial charge is 0.346 e. The summed E-state index contributed by atoms with van der Waals surface area (Å²) in [5.74, 6) is -0.140. The monoisotopic (exact) mass is 309 g/mol. The summed E-state index contributed by atoms with van der Waals surface area (Å²) < 4.78 is 0. The number of nitrogens with zero attached hydrogens (tertiary/aromatic N) is 2. The lowest BCUT2D eigenvalue weighted by Crippen LogP contribution is -2.40. The van der Waals surface area contributed by atoms with E-state index in [2.05, 4.69) is 46.4 Å². The number of rotatable bonds is 2. The minimum absolute atomic E-state index is 0.140. The summed E-state index contributed by atoms with van der Waals surface area (Å²) in [6, 6.07) is 12.6. The van der Waals surface area contributed by atoms with E-state index in [0.717, 1.165) is 12.1 Å². The molecule has 1 atom stereocenters. The Balaban J connectivity index is 1.84. The second-order valence-corrected chi connectivity index (χ2v) is 7.16. The van der Waals surface area contributed by atoms with Gasteiger partial charge in [-0.3, -0.25) is 4.79 Å². The summed E-state index contributed by atoms with van der Waals surface area (Å²) in [5.41, 5.74) is 3.79. The minimum atomic E-state index is -0.264. The molecule has 1 aliphatic heterocycles. The van der Waals surface area contributed by atoms with Crippen LogP contribution < -0.4 is 10.2 Å². The molecule has 4 heteroatoms. The smallest absolute Gasteiger partial charge is 0.270 e. The number of fused-ring (bicyclic) bond motifs is 1. The minimum Gasteiger partial charge on any atom is -0.346 e. The van der Waals surface area contributed by atoms with E-state index in [1.807, 2.05) is 26.8 Å².